The van der Waals surface area contributed by atoms with Crippen molar-refractivity contribution in [2.75, 3.05) is 6.61 Å². The van der Waals surface area contributed by atoms with Crippen LogP contribution in [0.2, 0.25) is 0 Å². The summed E-state index contributed by atoms with van der Waals surface area (Å²) in [6.45, 7) is 2.03. The van der Waals surface area contributed by atoms with E-state index >= 15 is 0 Å². The molecule has 2 aromatic rings. The summed E-state index contributed by atoms with van der Waals surface area (Å²) in [5, 5.41) is 11.0. The lowest BCUT2D eigenvalue weighted by Gasteiger charge is -2.05. The van der Waals surface area contributed by atoms with Crippen LogP contribution in [0.5, 0.6) is 0 Å². The van der Waals surface area contributed by atoms with E-state index in [4.69, 9.17) is 4.74 Å². The average Bonchev–Trinajstić information content (AvgIpc) is 2.53. The predicted octanol–water partition coefficient (Wildman–Crippen LogP) is 3.94. The van der Waals surface area contributed by atoms with Crippen LogP contribution in [-0.2, 0) is 4.74 Å². The highest BCUT2D eigenvalue weighted by molar-refractivity contribution is 5.95. The minimum atomic E-state index is -0.434. The Hall–Kier alpha value is -2.95. The second-order valence-corrected chi connectivity index (χ2v) is 4.46. The van der Waals surface area contributed by atoms with E-state index in [-0.39, 0.29) is 5.69 Å². The number of nitrogens with zero attached hydrogens (tertiary/aromatic N) is 1. The van der Waals surface area contributed by atoms with Crippen LogP contribution in [0.3, 0.4) is 0 Å². The van der Waals surface area contributed by atoms with Crippen molar-refractivity contribution in [1.82, 2.24) is 0 Å². The number of para-hydroxylation sites is 1. The van der Waals surface area contributed by atoms with Crippen LogP contribution in [0.25, 0.3) is 12.2 Å². The fraction of sp³-hybridized carbons (Fsp3) is 0.118. The van der Waals surface area contributed by atoms with E-state index in [1.54, 1.807) is 61.5 Å². The standard InChI is InChI=1S/C17H15NO4/c1-2-22-17(19)15-9-5-3-7-13(15)11-12-14-8-4-6-10-16(14)18(20)21/h3-12H,2H2,1H3/b12-11+. The van der Waals surface area contributed by atoms with Crippen LogP contribution in [0.1, 0.15) is 28.4 Å². The van der Waals surface area contributed by atoms with Gasteiger partial charge in [0.1, 0.15) is 0 Å². The second-order valence-electron chi connectivity index (χ2n) is 4.46. The number of ether oxygens (including phenoxy) is 1. The normalized spacial score (nSPS) is 10.6. The molecule has 0 aliphatic carbocycles. The Bertz CT molecular complexity index is 722. The minimum absolute atomic E-state index is 0.0207. The van der Waals surface area contributed by atoms with Crippen molar-refractivity contribution in [3.05, 3.63) is 75.3 Å². The van der Waals surface area contributed by atoms with Gasteiger partial charge >= 0.3 is 5.97 Å². The van der Waals surface area contributed by atoms with Crippen molar-refractivity contribution in [2.24, 2.45) is 0 Å². The number of esters is 1. The first-order valence-corrected chi connectivity index (χ1v) is 6.81. The van der Waals surface area contributed by atoms with Crippen molar-refractivity contribution in [3.8, 4) is 0 Å². The van der Waals surface area contributed by atoms with Crippen LogP contribution in [-0.4, -0.2) is 17.5 Å². The zero-order valence-corrected chi connectivity index (χ0v) is 12.1. The summed E-state index contributed by atoms with van der Waals surface area (Å²) < 4.78 is 5.00. The van der Waals surface area contributed by atoms with Crippen molar-refractivity contribution < 1.29 is 14.5 Å². The third kappa shape index (κ3) is 3.58. The first-order chi connectivity index (χ1) is 10.6. The number of hydrogen-bond donors (Lipinski definition) is 0. The van der Waals surface area contributed by atoms with Gasteiger partial charge in [0.2, 0.25) is 0 Å². The summed E-state index contributed by atoms with van der Waals surface area (Å²) in [4.78, 5) is 22.4. The number of carbonyl (C=O) groups excluding carboxylic acids is 1. The minimum Gasteiger partial charge on any atom is -0.462 e. The molecule has 0 aliphatic heterocycles. The molecule has 0 aromatic heterocycles. The molecule has 5 heteroatoms. The molecular weight excluding hydrogens is 282 g/mol. The van der Waals surface area contributed by atoms with E-state index < -0.39 is 10.9 Å². The maximum absolute atomic E-state index is 11.9. The highest BCUT2D eigenvalue weighted by Gasteiger charge is 2.12. The Kier molecular flexibility index (Phi) is 5.03. The Labute approximate surface area is 128 Å². The number of nitro groups is 1. The Morgan fingerprint density at radius 2 is 1.68 bits per heavy atom. The largest absolute Gasteiger partial charge is 0.462 e. The molecule has 0 atom stereocenters. The molecule has 5 nitrogen and oxygen atoms in total. The lowest BCUT2D eigenvalue weighted by atomic mass is 10.1. The summed E-state index contributed by atoms with van der Waals surface area (Å²) in [6, 6.07) is 13.4. The fourth-order valence-electron chi connectivity index (χ4n) is 2.01. The summed E-state index contributed by atoms with van der Waals surface area (Å²) in [5.74, 6) is -0.412. The topological polar surface area (TPSA) is 69.4 Å². The van der Waals surface area contributed by atoms with E-state index in [0.29, 0.717) is 23.3 Å². The van der Waals surface area contributed by atoms with E-state index in [1.165, 1.54) is 6.07 Å². The zero-order chi connectivity index (χ0) is 15.9. The van der Waals surface area contributed by atoms with Gasteiger partial charge < -0.3 is 4.74 Å². The Morgan fingerprint density at radius 1 is 1.09 bits per heavy atom. The fourth-order valence-corrected chi connectivity index (χ4v) is 2.01. The molecule has 0 radical (unpaired) electrons. The Balaban J connectivity index is 2.36. The highest BCUT2D eigenvalue weighted by atomic mass is 16.6. The van der Waals surface area contributed by atoms with Gasteiger partial charge in [0, 0.05) is 6.07 Å². The molecule has 0 saturated heterocycles. The van der Waals surface area contributed by atoms with Gasteiger partial charge in [-0.05, 0) is 30.7 Å². The molecule has 22 heavy (non-hydrogen) atoms. The van der Waals surface area contributed by atoms with Crippen LogP contribution in [0, 0.1) is 10.1 Å². The van der Waals surface area contributed by atoms with E-state index in [0.717, 1.165) is 0 Å². The molecule has 0 bridgehead atoms. The van der Waals surface area contributed by atoms with Gasteiger partial charge in [-0.1, -0.05) is 36.4 Å². The van der Waals surface area contributed by atoms with Gasteiger partial charge in [0.15, 0.2) is 0 Å². The van der Waals surface area contributed by atoms with Gasteiger partial charge in [-0.3, -0.25) is 10.1 Å². The molecule has 0 fully saturated rings. The first-order valence-electron chi connectivity index (χ1n) is 6.81. The summed E-state index contributed by atoms with van der Waals surface area (Å²) >= 11 is 0. The Morgan fingerprint density at radius 3 is 2.36 bits per heavy atom. The molecule has 0 amide bonds. The monoisotopic (exact) mass is 297 g/mol. The van der Waals surface area contributed by atoms with Gasteiger partial charge in [0.05, 0.1) is 22.7 Å². The molecule has 2 aromatic carbocycles. The van der Waals surface area contributed by atoms with Gasteiger partial charge in [-0.15, -0.1) is 0 Å². The number of rotatable bonds is 5. The van der Waals surface area contributed by atoms with Crippen LogP contribution >= 0.6 is 0 Å². The van der Waals surface area contributed by atoms with Gasteiger partial charge in [-0.25, -0.2) is 4.79 Å². The molecule has 0 saturated carbocycles. The van der Waals surface area contributed by atoms with E-state index in [1.807, 2.05) is 0 Å². The van der Waals surface area contributed by atoms with Crippen LogP contribution < -0.4 is 0 Å². The molecular formula is C17H15NO4. The highest BCUT2D eigenvalue weighted by Crippen LogP contribution is 2.21. The second kappa shape index (κ2) is 7.17. The molecule has 0 unspecified atom stereocenters. The maximum Gasteiger partial charge on any atom is 0.338 e. The predicted molar refractivity (Wildman–Crippen MR) is 84.4 cm³/mol. The molecule has 0 N–H and O–H groups in total. The first kappa shape index (κ1) is 15.4. The average molecular weight is 297 g/mol. The zero-order valence-electron chi connectivity index (χ0n) is 12.1. The van der Waals surface area contributed by atoms with Crippen molar-refractivity contribution in [2.45, 2.75) is 6.92 Å². The molecule has 0 aliphatic rings. The lowest BCUT2D eigenvalue weighted by molar-refractivity contribution is -0.385. The van der Waals surface area contributed by atoms with Gasteiger partial charge in [0.25, 0.3) is 5.69 Å². The molecule has 0 heterocycles. The molecule has 2 rings (SSSR count). The molecule has 112 valence electrons. The van der Waals surface area contributed by atoms with Crippen molar-refractivity contribution in [3.63, 3.8) is 0 Å². The summed E-state index contributed by atoms with van der Waals surface area (Å²) in [6.07, 6.45) is 3.30. The smallest absolute Gasteiger partial charge is 0.338 e. The van der Waals surface area contributed by atoms with Crippen LogP contribution in [0.4, 0.5) is 5.69 Å². The van der Waals surface area contributed by atoms with E-state index in [2.05, 4.69) is 0 Å². The number of hydrogen-bond acceptors (Lipinski definition) is 4. The number of benzene rings is 2. The van der Waals surface area contributed by atoms with Gasteiger partial charge in [-0.2, -0.15) is 0 Å². The quantitative estimate of drug-likeness (QED) is 0.363. The SMILES string of the molecule is CCOC(=O)c1ccccc1/C=C/c1ccccc1[N+](=O)[O-]. The van der Waals surface area contributed by atoms with Crippen molar-refractivity contribution in [1.29, 1.82) is 0 Å². The van der Waals surface area contributed by atoms with E-state index in [9.17, 15) is 14.9 Å². The molecule has 0 spiro atoms. The maximum atomic E-state index is 11.9. The third-order valence-corrected chi connectivity index (χ3v) is 3.03. The van der Waals surface area contributed by atoms with Crippen molar-refractivity contribution >= 4 is 23.8 Å². The summed E-state index contributed by atoms with van der Waals surface area (Å²) in [7, 11) is 0. The number of carbonyl (C=O) groups is 1. The third-order valence-electron chi connectivity index (χ3n) is 3.03. The number of nitro benzene ring substituents is 1. The van der Waals surface area contributed by atoms with Crippen LogP contribution in [0.15, 0.2) is 48.5 Å². The summed E-state index contributed by atoms with van der Waals surface area (Å²) in [5.41, 5.74) is 1.58. The lowest BCUT2D eigenvalue weighted by Crippen LogP contribution is -2.06.